The van der Waals surface area contributed by atoms with E-state index in [2.05, 4.69) is 0 Å². The molecule has 0 saturated heterocycles. The van der Waals surface area contributed by atoms with Gasteiger partial charge >= 0.3 is 0 Å². The number of nitrogens with zero attached hydrogens (tertiary/aromatic N) is 1. The van der Waals surface area contributed by atoms with Gasteiger partial charge in [-0.1, -0.05) is 12.1 Å². The van der Waals surface area contributed by atoms with Crippen LogP contribution in [0.2, 0.25) is 0 Å². The summed E-state index contributed by atoms with van der Waals surface area (Å²) in [5, 5.41) is 0. The van der Waals surface area contributed by atoms with Crippen molar-refractivity contribution in [2.24, 2.45) is 5.92 Å². The summed E-state index contributed by atoms with van der Waals surface area (Å²) in [6, 6.07) is 14.1. The van der Waals surface area contributed by atoms with E-state index in [0.717, 1.165) is 35.3 Å². The number of ether oxygens (including phenoxy) is 1. The second kappa shape index (κ2) is 8.80. The van der Waals surface area contributed by atoms with Crippen molar-refractivity contribution >= 4 is 11.6 Å². The highest BCUT2D eigenvalue weighted by molar-refractivity contribution is 6.01. The van der Waals surface area contributed by atoms with Crippen LogP contribution in [0.5, 0.6) is 5.75 Å². The number of methoxy groups -OCH3 is 1. The van der Waals surface area contributed by atoms with Crippen LogP contribution in [-0.2, 0) is 19.4 Å². The van der Waals surface area contributed by atoms with Gasteiger partial charge in [-0.05, 0) is 67.6 Å². The Bertz CT molecular complexity index is 1160. The molecule has 4 nitrogen and oxygen atoms in total. The Balaban J connectivity index is 1.57. The van der Waals surface area contributed by atoms with E-state index in [0.29, 0.717) is 24.1 Å². The smallest absolute Gasteiger partial charge is 0.180 e. The summed E-state index contributed by atoms with van der Waals surface area (Å²) < 4.78 is 21.1. The molecule has 0 saturated carbocycles. The highest BCUT2D eigenvalue weighted by Gasteiger charge is 2.29. The first kappa shape index (κ1) is 20.9. The standard InChI is InChI=1S/C26H25FNO3/c1-17(29)24-16-28(15-21-5-3-4-6-25(21)27)12-11-19(24)13-20-8-7-18-14-22(31-2)9-10-23(18)26(20)30/h3-6,9-12,14,16,20H,7-8,13,15H2,1-2H3/q+1. The average molecular weight is 418 g/mol. The SMILES string of the molecule is COc1ccc2c(c1)CCC(Cc1cc[n+](Cc3ccccc3F)cc1C(C)=O)C2=O. The molecule has 4 rings (SSSR count). The van der Waals surface area contributed by atoms with Crippen molar-refractivity contribution in [2.75, 3.05) is 7.11 Å². The minimum atomic E-state index is -0.272. The Morgan fingerprint density at radius 1 is 1.16 bits per heavy atom. The van der Waals surface area contributed by atoms with Gasteiger partial charge in [0.25, 0.3) is 0 Å². The molecule has 0 N–H and O–H groups in total. The van der Waals surface area contributed by atoms with Crippen molar-refractivity contribution in [1.29, 1.82) is 0 Å². The van der Waals surface area contributed by atoms with Crippen LogP contribution < -0.4 is 9.30 Å². The topological polar surface area (TPSA) is 47.2 Å². The number of pyridine rings is 1. The molecule has 158 valence electrons. The minimum Gasteiger partial charge on any atom is -0.497 e. The van der Waals surface area contributed by atoms with Gasteiger partial charge in [-0.15, -0.1) is 0 Å². The molecular weight excluding hydrogens is 393 g/mol. The van der Waals surface area contributed by atoms with Crippen molar-refractivity contribution in [3.8, 4) is 5.75 Å². The Hall–Kier alpha value is -3.34. The predicted molar refractivity (Wildman–Crippen MR) is 115 cm³/mol. The lowest BCUT2D eigenvalue weighted by Crippen LogP contribution is -2.35. The number of aromatic nitrogens is 1. The van der Waals surface area contributed by atoms with Crippen LogP contribution in [0.25, 0.3) is 0 Å². The van der Waals surface area contributed by atoms with E-state index in [1.165, 1.54) is 13.0 Å². The molecule has 1 heterocycles. The van der Waals surface area contributed by atoms with Gasteiger partial charge in [-0.3, -0.25) is 9.59 Å². The number of halogens is 1. The summed E-state index contributed by atoms with van der Waals surface area (Å²) in [5.74, 6) is 0.368. The number of ketones is 2. The molecule has 1 aliphatic carbocycles. The van der Waals surface area contributed by atoms with E-state index in [9.17, 15) is 14.0 Å². The van der Waals surface area contributed by atoms with Crippen molar-refractivity contribution in [2.45, 2.75) is 32.7 Å². The third-order valence-electron chi connectivity index (χ3n) is 5.98. The fourth-order valence-corrected chi connectivity index (χ4v) is 4.27. The van der Waals surface area contributed by atoms with Crippen LogP contribution in [0.4, 0.5) is 4.39 Å². The van der Waals surface area contributed by atoms with E-state index in [-0.39, 0.29) is 23.3 Å². The maximum Gasteiger partial charge on any atom is 0.180 e. The van der Waals surface area contributed by atoms with E-state index in [1.807, 2.05) is 35.0 Å². The molecule has 0 aliphatic heterocycles. The highest BCUT2D eigenvalue weighted by Crippen LogP contribution is 2.31. The molecule has 0 radical (unpaired) electrons. The van der Waals surface area contributed by atoms with Crippen LogP contribution in [-0.4, -0.2) is 18.7 Å². The summed E-state index contributed by atoms with van der Waals surface area (Å²) in [6.07, 6.45) is 5.66. The van der Waals surface area contributed by atoms with Crippen LogP contribution in [0.3, 0.4) is 0 Å². The fraction of sp³-hybridized carbons (Fsp3) is 0.269. The van der Waals surface area contributed by atoms with Crippen LogP contribution in [0.1, 0.15) is 50.8 Å². The zero-order valence-electron chi connectivity index (χ0n) is 17.7. The second-order valence-electron chi connectivity index (χ2n) is 8.03. The van der Waals surface area contributed by atoms with E-state index in [4.69, 9.17) is 4.74 Å². The van der Waals surface area contributed by atoms with Crippen molar-refractivity contribution in [1.82, 2.24) is 0 Å². The van der Waals surface area contributed by atoms with Crippen LogP contribution >= 0.6 is 0 Å². The lowest BCUT2D eigenvalue weighted by atomic mass is 9.79. The first-order valence-corrected chi connectivity index (χ1v) is 10.4. The normalized spacial score (nSPS) is 15.5. The number of carbonyl (C=O) groups excluding carboxylic acids is 2. The number of hydrogen-bond donors (Lipinski definition) is 0. The number of benzene rings is 2. The molecule has 1 unspecified atom stereocenters. The first-order chi connectivity index (χ1) is 15.0. The highest BCUT2D eigenvalue weighted by atomic mass is 19.1. The number of hydrogen-bond acceptors (Lipinski definition) is 3. The fourth-order valence-electron chi connectivity index (χ4n) is 4.27. The lowest BCUT2D eigenvalue weighted by molar-refractivity contribution is -0.688. The van der Waals surface area contributed by atoms with Gasteiger partial charge in [0.15, 0.2) is 30.5 Å². The monoisotopic (exact) mass is 418 g/mol. The summed E-state index contributed by atoms with van der Waals surface area (Å²) in [5.41, 5.74) is 3.75. The molecule has 1 aromatic heterocycles. The van der Waals surface area contributed by atoms with Crippen molar-refractivity contribution in [3.05, 3.63) is 94.6 Å². The molecule has 1 atom stereocenters. The Morgan fingerprint density at radius 2 is 1.97 bits per heavy atom. The van der Waals surface area contributed by atoms with E-state index in [1.54, 1.807) is 31.5 Å². The summed E-state index contributed by atoms with van der Waals surface area (Å²) in [6.45, 7) is 1.86. The van der Waals surface area contributed by atoms with Gasteiger partial charge in [0.05, 0.1) is 18.2 Å². The Morgan fingerprint density at radius 3 is 2.71 bits per heavy atom. The molecule has 2 aromatic carbocycles. The largest absolute Gasteiger partial charge is 0.497 e. The molecule has 0 bridgehead atoms. The van der Waals surface area contributed by atoms with Gasteiger partial charge in [0, 0.05) is 17.5 Å². The number of aryl methyl sites for hydroxylation is 1. The number of Topliss-reactive ketones (excluding diaryl/α,β-unsaturated/α-hetero) is 2. The first-order valence-electron chi connectivity index (χ1n) is 10.4. The summed E-state index contributed by atoms with van der Waals surface area (Å²) >= 11 is 0. The van der Waals surface area contributed by atoms with Gasteiger partial charge in [0.1, 0.15) is 11.6 Å². The van der Waals surface area contributed by atoms with E-state index >= 15 is 0 Å². The maximum atomic E-state index is 14.0. The summed E-state index contributed by atoms with van der Waals surface area (Å²) in [4.78, 5) is 25.4. The zero-order chi connectivity index (χ0) is 22.0. The molecule has 31 heavy (non-hydrogen) atoms. The number of carbonyl (C=O) groups is 2. The molecule has 0 amide bonds. The Labute approximate surface area is 181 Å². The minimum absolute atomic E-state index is 0.0636. The summed E-state index contributed by atoms with van der Waals surface area (Å²) in [7, 11) is 1.62. The van der Waals surface area contributed by atoms with Gasteiger partial charge in [-0.25, -0.2) is 4.39 Å². The van der Waals surface area contributed by atoms with Gasteiger partial charge in [-0.2, -0.15) is 4.57 Å². The van der Waals surface area contributed by atoms with Crippen molar-refractivity contribution in [3.63, 3.8) is 0 Å². The van der Waals surface area contributed by atoms with Crippen molar-refractivity contribution < 1.29 is 23.3 Å². The molecule has 0 spiro atoms. The number of fused-ring (bicyclic) bond motifs is 1. The predicted octanol–water partition coefficient (Wildman–Crippen LogP) is 4.36. The molecule has 0 fully saturated rings. The molecular formula is C26H25FNO3+. The molecule has 3 aromatic rings. The lowest BCUT2D eigenvalue weighted by Gasteiger charge is -2.24. The van der Waals surface area contributed by atoms with Crippen LogP contribution in [0, 0.1) is 11.7 Å². The maximum absolute atomic E-state index is 14.0. The van der Waals surface area contributed by atoms with Gasteiger partial charge in [0.2, 0.25) is 0 Å². The number of rotatable bonds is 6. The molecule has 1 aliphatic rings. The quantitative estimate of drug-likeness (QED) is 0.441. The second-order valence-corrected chi connectivity index (χ2v) is 8.03. The third-order valence-corrected chi connectivity index (χ3v) is 5.98. The zero-order valence-corrected chi connectivity index (χ0v) is 17.7. The Kier molecular flexibility index (Phi) is 5.94. The van der Waals surface area contributed by atoms with Gasteiger partial charge < -0.3 is 4.74 Å². The van der Waals surface area contributed by atoms with E-state index < -0.39 is 0 Å². The molecule has 5 heteroatoms. The third kappa shape index (κ3) is 4.41. The van der Waals surface area contributed by atoms with Crippen LogP contribution in [0.15, 0.2) is 60.9 Å². The average Bonchev–Trinajstić information content (AvgIpc) is 2.77.